The van der Waals surface area contributed by atoms with Crippen molar-refractivity contribution >= 4 is 49.4 Å². The molecule has 0 aromatic heterocycles. The molecule has 2 aromatic rings. The summed E-state index contributed by atoms with van der Waals surface area (Å²) in [6.45, 7) is -0.530. The van der Waals surface area contributed by atoms with Crippen molar-refractivity contribution < 1.29 is 28.9 Å². The van der Waals surface area contributed by atoms with Crippen molar-refractivity contribution in [2.24, 2.45) is 0 Å². The standard InChI is InChI=1S/C17H15Br2NO6/c1-24-10-3-4-13(14(7-10)25-2)20-15(21)8-26-17(23)11-5-9(18)6-12(19)16(11)22/h3-7,22H,8H2,1-2H3,(H,20,21). The van der Waals surface area contributed by atoms with Crippen molar-refractivity contribution in [2.45, 2.75) is 0 Å². The van der Waals surface area contributed by atoms with Gasteiger partial charge in [-0.25, -0.2) is 4.79 Å². The summed E-state index contributed by atoms with van der Waals surface area (Å²) >= 11 is 6.34. The van der Waals surface area contributed by atoms with Gasteiger partial charge in [-0.1, -0.05) is 15.9 Å². The van der Waals surface area contributed by atoms with Crippen LogP contribution in [0, 0.1) is 0 Å². The molecule has 0 atom stereocenters. The van der Waals surface area contributed by atoms with E-state index in [1.54, 1.807) is 24.3 Å². The second-order valence-corrected chi connectivity index (χ2v) is 6.74. The molecular formula is C17H15Br2NO6. The summed E-state index contributed by atoms with van der Waals surface area (Å²) in [4.78, 5) is 24.1. The van der Waals surface area contributed by atoms with E-state index in [0.29, 0.717) is 26.1 Å². The third-order valence-corrected chi connectivity index (χ3v) is 4.33. The van der Waals surface area contributed by atoms with E-state index in [4.69, 9.17) is 14.2 Å². The van der Waals surface area contributed by atoms with E-state index in [0.717, 1.165) is 0 Å². The maximum Gasteiger partial charge on any atom is 0.342 e. The van der Waals surface area contributed by atoms with Gasteiger partial charge in [-0.2, -0.15) is 0 Å². The number of esters is 1. The van der Waals surface area contributed by atoms with Gasteiger partial charge in [0.05, 0.1) is 24.4 Å². The van der Waals surface area contributed by atoms with Crippen molar-refractivity contribution in [1.82, 2.24) is 0 Å². The van der Waals surface area contributed by atoms with Gasteiger partial charge in [-0.05, 0) is 40.2 Å². The van der Waals surface area contributed by atoms with Crippen LogP contribution in [-0.2, 0) is 9.53 Å². The third kappa shape index (κ3) is 4.89. The quantitative estimate of drug-likeness (QED) is 0.601. The number of hydrogen-bond donors (Lipinski definition) is 2. The second-order valence-electron chi connectivity index (χ2n) is 4.97. The maximum atomic E-state index is 12.1. The zero-order valence-corrected chi connectivity index (χ0v) is 17.0. The number of halogens is 2. The second kappa shape index (κ2) is 8.91. The van der Waals surface area contributed by atoms with Crippen LogP contribution in [-0.4, -0.2) is 37.8 Å². The van der Waals surface area contributed by atoms with E-state index in [9.17, 15) is 14.7 Å². The van der Waals surface area contributed by atoms with Gasteiger partial charge in [-0.15, -0.1) is 0 Å². The fourth-order valence-electron chi connectivity index (χ4n) is 2.02. The summed E-state index contributed by atoms with van der Waals surface area (Å²) in [7, 11) is 2.97. The molecule has 9 heteroatoms. The SMILES string of the molecule is COc1ccc(NC(=O)COC(=O)c2cc(Br)cc(Br)c2O)c(OC)c1. The number of aromatic hydroxyl groups is 1. The van der Waals surface area contributed by atoms with E-state index < -0.39 is 18.5 Å². The molecule has 0 bridgehead atoms. The molecule has 7 nitrogen and oxygen atoms in total. The minimum atomic E-state index is -0.832. The highest BCUT2D eigenvalue weighted by Crippen LogP contribution is 2.32. The molecule has 1 amide bonds. The molecule has 26 heavy (non-hydrogen) atoms. The number of carbonyl (C=O) groups is 2. The minimum absolute atomic E-state index is 0.0684. The van der Waals surface area contributed by atoms with Crippen LogP contribution in [0.3, 0.4) is 0 Å². The van der Waals surface area contributed by atoms with Gasteiger partial charge in [0, 0.05) is 10.5 Å². The lowest BCUT2D eigenvalue weighted by Crippen LogP contribution is -2.21. The zero-order valence-electron chi connectivity index (χ0n) is 13.8. The lowest BCUT2D eigenvalue weighted by molar-refractivity contribution is -0.119. The van der Waals surface area contributed by atoms with Crippen LogP contribution >= 0.6 is 31.9 Å². The Labute approximate surface area is 166 Å². The maximum absolute atomic E-state index is 12.1. The largest absolute Gasteiger partial charge is 0.506 e. The van der Waals surface area contributed by atoms with Crippen LogP contribution in [0.2, 0.25) is 0 Å². The summed E-state index contributed by atoms with van der Waals surface area (Å²) in [6, 6.07) is 7.84. The number of amides is 1. The van der Waals surface area contributed by atoms with Gasteiger partial charge in [-0.3, -0.25) is 4.79 Å². The monoisotopic (exact) mass is 487 g/mol. The molecule has 0 spiro atoms. The third-order valence-electron chi connectivity index (χ3n) is 3.27. The average molecular weight is 489 g/mol. The first-order chi connectivity index (χ1) is 12.3. The minimum Gasteiger partial charge on any atom is -0.506 e. The normalized spacial score (nSPS) is 10.2. The topological polar surface area (TPSA) is 94.1 Å². The van der Waals surface area contributed by atoms with Gasteiger partial charge in [0.1, 0.15) is 22.8 Å². The van der Waals surface area contributed by atoms with Crippen molar-refractivity contribution in [2.75, 3.05) is 26.1 Å². The Bertz CT molecular complexity index is 840. The van der Waals surface area contributed by atoms with Gasteiger partial charge in [0.2, 0.25) is 0 Å². The van der Waals surface area contributed by atoms with Crippen LogP contribution in [0.15, 0.2) is 39.3 Å². The van der Waals surface area contributed by atoms with Crippen LogP contribution in [0.5, 0.6) is 17.2 Å². The van der Waals surface area contributed by atoms with E-state index in [1.165, 1.54) is 20.3 Å². The summed E-state index contributed by atoms with van der Waals surface area (Å²) in [5.41, 5.74) is 0.337. The molecule has 0 aliphatic rings. The lowest BCUT2D eigenvalue weighted by Gasteiger charge is -2.12. The molecule has 2 rings (SSSR count). The van der Waals surface area contributed by atoms with Gasteiger partial charge in [0.25, 0.3) is 5.91 Å². The van der Waals surface area contributed by atoms with E-state index in [2.05, 4.69) is 37.2 Å². The number of ether oxygens (including phenoxy) is 3. The highest BCUT2D eigenvalue weighted by atomic mass is 79.9. The fraction of sp³-hybridized carbons (Fsp3) is 0.176. The predicted molar refractivity (Wildman–Crippen MR) is 102 cm³/mol. The highest BCUT2D eigenvalue weighted by Gasteiger charge is 2.18. The number of methoxy groups -OCH3 is 2. The smallest absolute Gasteiger partial charge is 0.342 e. The number of hydrogen-bond acceptors (Lipinski definition) is 6. The Morgan fingerprint density at radius 3 is 2.50 bits per heavy atom. The Morgan fingerprint density at radius 2 is 1.85 bits per heavy atom. The number of benzene rings is 2. The number of phenols is 1. The number of phenolic OH excluding ortho intramolecular Hbond substituents is 1. The predicted octanol–water partition coefficient (Wildman–Crippen LogP) is 3.73. The summed E-state index contributed by atoms with van der Waals surface area (Å²) < 4.78 is 16.1. The molecule has 2 N–H and O–H groups in total. The Hall–Kier alpha value is -2.26. The van der Waals surface area contributed by atoms with Crippen LogP contribution < -0.4 is 14.8 Å². The molecular weight excluding hydrogens is 474 g/mol. The summed E-state index contributed by atoms with van der Waals surface area (Å²) in [5, 5.41) is 12.5. The Balaban J connectivity index is 2.02. The molecule has 0 radical (unpaired) electrons. The van der Waals surface area contributed by atoms with Crippen molar-refractivity contribution in [3.8, 4) is 17.2 Å². The van der Waals surface area contributed by atoms with Crippen molar-refractivity contribution in [1.29, 1.82) is 0 Å². The van der Waals surface area contributed by atoms with Crippen LogP contribution in [0.25, 0.3) is 0 Å². The Morgan fingerprint density at radius 1 is 1.12 bits per heavy atom. The number of carbonyl (C=O) groups excluding carboxylic acids is 2. The highest BCUT2D eigenvalue weighted by molar-refractivity contribution is 9.11. The summed E-state index contributed by atoms with van der Waals surface area (Å²) in [6.07, 6.45) is 0. The first-order valence-electron chi connectivity index (χ1n) is 7.22. The van der Waals surface area contributed by atoms with E-state index >= 15 is 0 Å². The molecule has 2 aromatic carbocycles. The van der Waals surface area contributed by atoms with Crippen LogP contribution in [0.4, 0.5) is 5.69 Å². The molecule has 0 fully saturated rings. The summed E-state index contributed by atoms with van der Waals surface area (Å²) in [5.74, 6) is -0.688. The van der Waals surface area contributed by atoms with E-state index in [1.807, 2.05) is 0 Å². The van der Waals surface area contributed by atoms with Gasteiger partial charge >= 0.3 is 5.97 Å². The first kappa shape index (κ1) is 20.1. The van der Waals surface area contributed by atoms with Crippen LogP contribution in [0.1, 0.15) is 10.4 Å². The molecule has 0 saturated heterocycles. The molecule has 0 aliphatic heterocycles. The zero-order chi connectivity index (χ0) is 19.3. The van der Waals surface area contributed by atoms with Gasteiger partial charge < -0.3 is 24.6 Å². The average Bonchev–Trinajstić information content (AvgIpc) is 2.62. The molecule has 138 valence electrons. The Kier molecular flexibility index (Phi) is 6.87. The molecule has 0 aliphatic carbocycles. The molecule has 0 unspecified atom stereocenters. The fourth-order valence-corrected chi connectivity index (χ4v) is 3.24. The van der Waals surface area contributed by atoms with E-state index in [-0.39, 0.29) is 11.3 Å². The van der Waals surface area contributed by atoms with Crippen molar-refractivity contribution in [3.63, 3.8) is 0 Å². The molecule has 0 saturated carbocycles. The van der Waals surface area contributed by atoms with Gasteiger partial charge in [0.15, 0.2) is 6.61 Å². The molecule has 0 heterocycles. The number of rotatable bonds is 6. The number of nitrogens with one attached hydrogen (secondary N) is 1. The van der Waals surface area contributed by atoms with Crippen molar-refractivity contribution in [3.05, 3.63) is 44.8 Å². The first-order valence-corrected chi connectivity index (χ1v) is 8.81. The number of anilines is 1. The lowest BCUT2D eigenvalue weighted by atomic mass is 10.2.